The number of hydrogen-bond donors (Lipinski definition) is 1. The van der Waals surface area contributed by atoms with E-state index in [0.717, 1.165) is 6.42 Å². The molecule has 1 N–H and O–H groups in total. The maximum Gasteiger partial charge on any atom is 0.303 e. The van der Waals surface area contributed by atoms with Gasteiger partial charge in [0.1, 0.15) is 0 Å². The molecule has 0 heterocycles. The third-order valence-electron chi connectivity index (χ3n) is 3.90. The van der Waals surface area contributed by atoms with Gasteiger partial charge in [0.05, 0.1) is 0 Å². The zero-order valence-electron chi connectivity index (χ0n) is 13.1. The van der Waals surface area contributed by atoms with Gasteiger partial charge in [-0.3, -0.25) is 4.79 Å². The minimum atomic E-state index is -0.657. The van der Waals surface area contributed by atoms with E-state index >= 15 is 0 Å². The molecular weight excluding hydrogens is 236 g/mol. The van der Waals surface area contributed by atoms with Crippen LogP contribution in [0, 0.1) is 5.92 Å². The van der Waals surface area contributed by atoms with Crippen molar-refractivity contribution in [1.82, 2.24) is 0 Å². The molecule has 0 saturated heterocycles. The number of hydrogen-bond acceptors (Lipinski definition) is 1. The van der Waals surface area contributed by atoms with Crippen LogP contribution in [0.4, 0.5) is 0 Å². The van der Waals surface area contributed by atoms with E-state index in [9.17, 15) is 4.79 Å². The van der Waals surface area contributed by atoms with Crippen LogP contribution in [0.2, 0.25) is 0 Å². The summed E-state index contributed by atoms with van der Waals surface area (Å²) < 4.78 is 0. The lowest BCUT2D eigenvalue weighted by molar-refractivity contribution is -0.137. The highest BCUT2D eigenvalue weighted by Crippen LogP contribution is 2.16. The van der Waals surface area contributed by atoms with Gasteiger partial charge in [0.25, 0.3) is 0 Å². The second kappa shape index (κ2) is 13.9. The lowest BCUT2D eigenvalue weighted by Crippen LogP contribution is -2.01. The molecule has 0 aromatic rings. The molecule has 0 aliphatic heterocycles. The van der Waals surface area contributed by atoms with E-state index in [1.165, 1.54) is 70.6 Å². The Morgan fingerprint density at radius 1 is 0.842 bits per heavy atom. The number of unbranched alkanes of at least 4 members (excludes halogenated alkanes) is 9. The van der Waals surface area contributed by atoms with Gasteiger partial charge < -0.3 is 5.11 Å². The second-order valence-corrected chi connectivity index (χ2v) is 6.01. The van der Waals surface area contributed by atoms with Crippen LogP contribution in [0.1, 0.15) is 97.3 Å². The van der Waals surface area contributed by atoms with Gasteiger partial charge in [0.15, 0.2) is 0 Å². The van der Waals surface area contributed by atoms with Gasteiger partial charge in [-0.05, 0) is 12.3 Å². The van der Waals surface area contributed by atoms with Crippen molar-refractivity contribution >= 4 is 5.97 Å². The summed E-state index contributed by atoms with van der Waals surface area (Å²) in [5, 5.41) is 8.61. The molecule has 0 unspecified atom stereocenters. The minimum Gasteiger partial charge on any atom is -0.481 e. The molecule has 0 spiro atoms. The summed E-state index contributed by atoms with van der Waals surface area (Å²) in [6.07, 6.45) is 16.1. The summed E-state index contributed by atoms with van der Waals surface area (Å²) in [5.74, 6) is -0.0833. The zero-order chi connectivity index (χ0) is 14.3. The van der Waals surface area contributed by atoms with Crippen LogP contribution in [-0.4, -0.2) is 11.1 Å². The molecule has 0 aromatic heterocycles. The Kier molecular flexibility index (Phi) is 13.5. The Hall–Kier alpha value is -0.530. The maximum absolute atomic E-state index is 10.4. The molecular formula is C17H34O2. The van der Waals surface area contributed by atoms with Crippen molar-refractivity contribution in [3.8, 4) is 0 Å². The number of carboxylic acids is 1. The smallest absolute Gasteiger partial charge is 0.303 e. The van der Waals surface area contributed by atoms with Crippen molar-refractivity contribution in [1.29, 1.82) is 0 Å². The summed E-state index contributed by atoms with van der Waals surface area (Å²) >= 11 is 0. The second-order valence-electron chi connectivity index (χ2n) is 6.01. The first-order chi connectivity index (χ1) is 9.16. The fourth-order valence-electron chi connectivity index (χ4n) is 2.49. The lowest BCUT2D eigenvalue weighted by Gasteiger charge is -2.09. The summed E-state index contributed by atoms with van der Waals surface area (Å²) in [7, 11) is 0. The number of carbonyl (C=O) groups is 1. The van der Waals surface area contributed by atoms with Crippen LogP contribution in [0.5, 0.6) is 0 Å². The van der Waals surface area contributed by atoms with Crippen LogP contribution in [-0.2, 0) is 4.79 Å². The fraction of sp³-hybridized carbons (Fsp3) is 0.941. The Morgan fingerprint density at radius 2 is 1.32 bits per heavy atom. The molecule has 0 aromatic carbocycles. The van der Waals surface area contributed by atoms with E-state index in [0.29, 0.717) is 12.3 Å². The molecule has 114 valence electrons. The Bertz CT molecular complexity index is 201. The summed E-state index contributed by atoms with van der Waals surface area (Å²) in [6.45, 7) is 4.44. The fourth-order valence-corrected chi connectivity index (χ4v) is 2.49. The first-order valence-electron chi connectivity index (χ1n) is 8.38. The molecule has 0 saturated carbocycles. The normalized spacial score (nSPS) is 12.5. The van der Waals surface area contributed by atoms with Crippen LogP contribution in [0.3, 0.4) is 0 Å². The number of carboxylic acid groups (broad SMARTS) is 1. The molecule has 2 nitrogen and oxygen atoms in total. The number of rotatable bonds is 14. The van der Waals surface area contributed by atoms with Crippen molar-refractivity contribution < 1.29 is 9.90 Å². The molecule has 0 amide bonds. The maximum atomic E-state index is 10.4. The SMILES string of the molecule is CCCCCCCCCCCC[C@@H](C)CCC(=O)O. The van der Waals surface area contributed by atoms with Crippen molar-refractivity contribution in [2.24, 2.45) is 5.92 Å². The molecule has 0 radical (unpaired) electrons. The molecule has 19 heavy (non-hydrogen) atoms. The Balaban J connectivity index is 3.11. The van der Waals surface area contributed by atoms with E-state index in [1.807, 2.05) is 0 Å². The van der Waals surface area contributed by atoms with Crippen molar-refractivity contribution in [3.63, 3.8) is 0 Å². The Morgan fingerprint density at radius 3 is 1.79 bits per heavy atom. The first-order valence-corrected chi connectivity index (χ1v) is 8.38. The third-order valence-corrected chi connectivity index (χ3v) is 3.90. The highest BCUT2D eigenvalue weighted by molar-refractivity contribution is 5.66. The molecule has 2 heteroatoms. The van der Waals surface area contributed by atoms with Crippen LogP contribution in [0.25, 0.3) is 0 Å². The van der Waals surface area contributed by atoms with Gasteiger partial charge in [0, 0.05) is 6.42 Å². The van der Waals surface area contributed by atoms with E-state index in [-0.39, 0.29) is 0 Å². The predicted molar refractivity (Wildman–Crippen MR) is 82.5 cm³/mol. The minimum absolute atomic E-state index is 0.332. The van der Waals surface area contributed by atoms with Gasteiger partial charge >= 0.3 is 5.97 Å². The van der Waals surface area contributed by atoms with E-state index < -0.39 is 5.97 Å². The lowest BCUT2D eigenvalue weighted by atomic mass is 9.97. The van der Waals surface area contributed by atoms with Gasteiger partial charge in [-0.2, -0.15) is 0 Å². The standard InChI is InChI=1S/C17H34O2/c1-3-4-5-6-7-8-9-10-11-12-13-16(2)14-15-17(18)19/h16H,3-15H2,1-2H3,(H,18,19)/t16-/m1/s1. The van der Waals surface area contributed by atoms with E-state index in [2.05, 4.69) is 13.8 Å². The molecule has 0 bridgehead atoms. The van der Waals surface area contributed by atoms with E-state index in [4.69, 9.17) is 5.11 Å². The van der Waals surface area contributed by atoms with E-state index in [1.54, 1.807) is 0 Å². The molecule has 1 atom stereocenters. The average molecular weight is 270 g/mol. The average Bonchev–Trinajstić information content (AvgIpc) is 2.38. The Labute approximate surface area is 120 Å². The van der Waals surface area contributed by atoms with Gasteiger partial charge in [-0.1, -0.05) is 84.5 Å². The quantitative estimate of drug-likeness (QED) is 0.405. The zero-order valence-corrected chi connectivity index (χ0v) is 13.1. The van der Waals surface area contributed by atoms with Crippen LogP contribution >= 0.6 is 0 Å². The molecule has 0 aliphatic carbocycles. The van der Waals surface area contributed by atoms with Crippen LogP contribution < -0.4 is 0 Å². The monoisotopic (exact) mass is 270 g/mol. The van der Waals surface area contributed by atoms with Crippen LogP contribution in [0.15, 0.2) is 0 Å². The summed E-state index contributed by atoms with van der Waals surface area (Å²) in [6, 6.07) is 0. The largest absolute Gasteiger partial charge is 0.481 e. The van der Waals surface area contributed by atoms with Crippen molar-refractivity contribution in [3.05, 3.63) is 0 Å². The third kappa shape index (κ3) is 15.4. The molecule has 0 aliphatic rings. The van der Waals surface area contributed by atoms with Gasteiger partial charge in [0.2, 0.25) is 0 Å². The van der Waals surface area contributed by atoms with Gasteiger partial charge in [-0.25, -0.2) is 0 Å². The first kappa shape index (κ1) is 18.5. The summed E-state index contributed by atoms with van der Waals surface area (Å²) in [5.41, 5.74) is 0. The predicted octanol–water partition coefficient (Wildman–Crippen LogP) is 5.80. The van der Waals surface area contributed by atoms with Crippen molar-refractivity contribution in [2.75, 3.05) is 0 Å². The highest BCUT2D eigenvalue weighted by atomic mass is 16.4. The van der Waals surface area contributed by atoms with Crippen molar-refractivity contribution in [2.45, 2.75) is 97.3 Å². The molecule has 0 rings (SSSR count). The number of aliphatic carboxylic acids is 1. The van der Waals surface area contributed by atoms with Gasteiger partial charge in [-0.15, -0.1) is 0 Å². The highest BCUT2D eigenvalue weighted by Gasteiger charge is 2.04. The molecule has 0 fully saturated rings. The summed E-state index contributed by atoms with van der Waals surface area (Å²) in [4.78, 5) is 10.4. The topological polar surface area (TPSA) is 37.3 Å².